The van der Waals surface area contributed by atoms with E-state index in [-0.39, 0.29) is 26.3 Å². The SMILES string of the molecule is CS(=O)(=O)c1ccc(-c2cnn(C(F)C(F)F)c(=O)c2-c2ccc(F)cc2)cc1. The van der Waals surface area contributed by atoms with Crippen LogP contribution in [-0.2, 0) is 9.84 Å². The number of sulfone groups is 1. The lowest BCUT2D eigenvalue weighted by atomic mass is 9.97. The molecule has 2 aromatic carbocycles. The highest BCUT2D eigenvalue weighted by Gasteiger charge is 2.26. The van der Waals surface area contributed by atoms with Crippen molar-refractivity contribution in [3.05, 3.63) is 70.9 Å². The third-order valence-corrected chi connectivity index (χ3v) is 5.30. The summed E-state index contributed by atoms with van der Waals surface area (Å²) in [5.41, 5.74) is -0.638. The van der Waals surface area contributed by atoms with Crippen LogP contribution in [0.5, 0.6) is 0 Å². The largest absolute Gasteiger partial charge is 0.289 e. The van der Waals surface area contributed by atoms with Gasteiger partial charge in [-0.15, -0.1) is 0 Å². The quantitative estimate of drug-likeness (QED) is 0.581. The fourth-order valence-electron chi connectivity index (χ4n) is 2.75. The van der Waals surface area contributed by atoms with Crippen LogP contribution in [0.2, 0.25) is 0 Å². The van der Waals surface area contributed by atoms with E-state index in [4.69, 9.17) is 0 Å². The molecule has 29 heavy (non-hydrogen) atoms. The number of nitrogens with zero attached hydrogens (tertiary/aromatic N) is 2. The highest BCUT2D eigenvalue weighted by molar-refractivity contribution is 7.90. The molecule has 0 fully saturated rings. The summed E-state index contributed by atoms with van der Waals surface area (Å²) in [7, 11) is -3.46. The normalized spacial score (nSPS) is 12.9. The highest BCUT2D eigenvalue weighted by Crippen LogP contribution is 2.30. The van der Waals surface area contributed by atoms with E-state index in [1.807, 2.05) is 0 Å². The lowest BCUT2D eigenvalue weighted by molar-refractivity contribution is -0.00206. The van der Waals surface area contributed by atoms with Crippen molar-refractivity contribution in [1.82, 2.24) is 9.78 Å². The van der Waals surface area contributed by atoms with E-state index >= 15 is 0 Å². The van der Waals surface area contributed by atoms with Crippen LogP contribution in [0, 0.1) is 5.82 Å². The van der Waals surface area contributed by atoms with Gasteiger partial charge < -0.3 is 0 Å². The zero-order valence-corrected chi connectivity index (χ0v) is 15.7. The molecule has 10 heteroatoms. The van der Waals surface area contributed by atoms with Gasteiger partial charge in [-0.05, 0) is 35.4 Å². The Bertz CT molecular complexity index is 1190. The molecular weight excluding hydrogens is 412 g/mol. The van der Waals surface area contributed by atoms with Gasteiger partial charge in [0.05, 0.1) is 16.7 Å². The molecular formula is C19H14F4N2O3S. The van der Waals surface area contributed by atoms with E-state index in [0.29, 0.717) is 5.56 Å². The monoisotopic (exact) mass is 426 g/mol. The molecule has 0 saturated carbocycles. The Hall–Kier alpha value is -3.01. The standard InChI is InChI=1S/C19H14F4N2O3S/c1-29(27,28)14-8-4-11(5-9-14)15-10-24-25(18(23)17(21)22)19(26)16(15)12-2-6-13(20)7-3-12/h2-10,17-18H,1H3. The van der Waals surface area contributed by atoms with Crippen molar-refractivity contribution in [3.8, 4) is 22.3 Å². The van der Waals surface area contributed by atoms with Crippen molar-refractivity contribution in [1.29, 1.82) is 0 Å². The molecule has 0 aliphatic carbocycles. The number of rotatable bonds is 5. The lowest BCUT2D eigenvalue weighted by Crippen LogP contribution is -2.30. The van der Waals surface area contributed by atoms with Crippen molar-refractivity contribution in [3.63, 3.8) is 0 Å². The van der Waals surface area contributed by atoms with E-state index in [9.17, 15) is 30.8 Å². The number of halogens is 4. The zero-order chi connectivity index (χ0) is 21.3. The van der Waals surface area contributed by atoms with Gasteiger partial charge in [-0.25, -0.2) is 26.0 Å². The average molecular weight is 426 g/mol. The predicted octanol–water partition coefficient (Wildman–Crippen LogP) is 3.85. The fraction of sp³-hybridized carbons (Fsp3) is 0.158. The van der Waals surface area contributed by atoms with Crippen molar-refractivity contribution in [2.45, 2.75) is 17.6 Å². The summed E-state index contributed by atoms with van der Waals surface area (Å²) >= 11 is 0. The van der Waals surface area contributed by atoms with Crippen LogP contribution < -0.4 is 5.56 Å². The number of benzene rings is 2. The molecule has 3 aromatic rings. The number of alkyl halides is 3. The Morgan fingerprint density at radius 2 is 1.48 bits per heavy atom. The minimum Gasteiger partial charge on any atom is -0.267 e. The first-order valence-corrected chi connectivity index (χ1v) is 10.1. The van der Waals surface area contributed by atoms with E-state index < -0.39 is 33.9 Å². The van der Waals surface area contributed by atoms with Gasteiger partial charge in [-0.3, -0.25) is 4.79 Å². The second-order valence-corrected chi connectivity index (χ2v) is 8.21. The van der Waals surface area contributed by atoms with Gasteiger partial charge in [0, 0.05) is 11.8 Å². The van der Waals surface area contributed by atoms with Gasteiger partial charge in [-0.2, -0.15) is 9.78 Å². The summed E-state index contributed by atoms with van der Waals surface area (Å²) in [5, 5.41) is 3.51. The maximum atomic E-state index is 13.8. The molecule has 1 heterocycles. The predicted molar refractivity (Wildman–Crippen MR) is 98.6 cm³/mol. The van der Waals surface area contributed by atoms with Gasteiger partial charge in [-0.1, -0.05) is 24.3 Å². The molecule has 0 saturated heterocycles. The Kier molecular flexibility index (Phi) is 5.56. The minimum absolute atomic E-state index is 0.0255. The van der Waals surface area contributed by atoms with Crippen LogP contribution in [0.15, 0.2) is 64.4 Å². The molecule has 1 unspecified atom stereocenters. The first-order chi connectivity index (χ1) is 13.6. The number of hydrogen-bond donors (Lipinski definition) is 0. The Morgan fingerprint density at radius 1 is 0.931 bits per heavy atom. The van der Waals surface area contributed by atoms with E-state index in [1.54, 1.807) is 0 Å². The van der Waals surface area contributed by atoms with Crippen LogP contribution >= 0.6 is 0 Å². The Balaban J connectivity index is 2.25. The molecule has 5 nitrogen and oxygen atoms in total. The summed E-state index contributed by atoms with van der Waals surface area (Å²) in [6.07, 6.45) is -4.37. The third kappa shape index (κ3) is 4.21. The molecule has 0 spiro atoms. The molecule has 1 atom stereocenters. The summed E-state index contributed by atoms with van der Waals surface area (Å²) in [6, 6.07) is 10.1. The second-order valence-electron chi connectivity index (χ2n) is 6.19. The first kappa shape index (κ1) is 20.7. The van der Waals surface area contributed by atoms with Gasteiger partial charge >= 0.3 is 0 Å². The summed E-state index contributed by atoms with van der Waals surface area (Å²) < 4.78 is 75.9. The molecule has 0 aliphatic rings. The van der Waals surface area contributed by atoms with Gasteiger partial charge in [0.1, 0.15) is 5.82 Å². The molecule has 0 bridgehead atoms. The van der Waals surface area contributed by atoms with Crippen LogP contribution in [0.25, 0.3) is 22.3 Å². The fourth-order valence-corrected chi connectivity index (χ4v) is 3.38. The van der Waals surface area contributed by atoms with E-state index in [1.165, 1.54) is 36.4 Å². The Labute approximate surface area is 163 Å². The van der Waals surface area contributed by atoms with Crippen molar-refractivity contribution in [2.75, 3.05) is 6.26 Å². The molecule has 0 radical (unpaired) electrons. The molecule has 152 valence electrons. The van der Waals surface area contributed by atoms with Crippen LogP contribution in [0.1, 0.15) is 6.30 Å². The van der Waals surface area contributed by atoms with Gasteiger partial charge in [0.15, 0.2) is 9.84 Å². The van der Waals surface area contributed by atoms with Crippen LogP contribution in [0.3, 0.4) is 0 Å². The summed E-state index contributed by atoms with van der Waals surface area (Å²) in [6.45, 7) is 0. The van der Waals surface area contributed by atoms with Gasteiger partial charge in [0.25, 0.3) is 18.3 Å². The molecule has 0 amide bonds. The highest BCUT2D eigenvalue weighted by atomic mass is 32.2. The van der Waals surface area contributed by atoms with E-state index in [0.717, 1.165) is 24.6 Å². The van der Waals surface area contributed by atoms with Crippen LogP contribution in [-0.4, -0.2) is 30.9 Å². The zero-order valence-electron chi connectivity index (χ0n) is 14.9. The maximum absolute atomic E-state index is 13.8. The Morgan fingerprint density at radius 3 is 2.00 bits per heavy atom. The van der Waals surface area contributed by atoms with Crippen LogP contribution in [0.4, 0.5) is 17.6 Å². The van der Waals surface area contributed by atoms with Crippen molar-refractivity contribution >= 4 is 9.84 Å². The lowest BCUT2D eigenvalue weighted by Gasteiger charge is -2.15. The van der Waals surface area contributed by atoms with Gasteiger partial charge in [0.2, 0.25) is 0 Å². The number of aromatic nitrogens is 2. The molecule has 0 N–H and O–H groups in total. The molecule has 3 rings (SSSR count). The first-order valence-electron chi connectivity index (χ1n) is 8.20. The maximum Gasteiger partial charge on any atom is 0.289 e. The van der Waals surface area contributed by atoms with Crippen molar-refractivity contribution < 1.29 is 26.0 Å². The minimum atomic E-state index is -3.47. The smallest absolute Gasteiger partial charge is 0.267 e. The van der Waals surface area contributed by atoms with Crippen molar-refractivity contribution in [2.24, 2.45) is 0 Å². The summed E-state index contributed by atoms with van der Waals surface area (Å²) in [5.74, 6) is -0.585. The molecule has 0 aliphatic heterocycles. The molecule has 1 aromatic heterocycles. The average Bonchev–Trinajstić information content (AvgIpc) is 2.67. The third-order valence-electron chi connectivity index (χ3n) is 4.17. The topological polar surface area (TPSA) is 69.0 Å². The second kappa shape index (κ2) is 7.78. The number of hydrogen-bond acceptors (Lipinski definition) is 4. The summed E-state index contributed by atoms with van der Waals surface area (Å²) in [4.78, 5) is 12.8. The van der Waals surface area contributed by atoms with E-state index in [2.05, 4.69) is 5.10 Å².